The number of hydrogen-bond acceptors (Lipinski definition) is 4. The molecule has 0 unspecified atom stereocenters. The molecule has 19 heavy (non-hydrogen) atoms. The van der Waals surface area contributed by atoms with Crippen LogP contribution < -0.4 is 11.1 Å². The van der Waals surface area contributed by atoms with E-state index in [1.165, 1.54) is 5.56 Å². The monoisotopic (exact) mass is 256 g/mol. The smallest absolute Gasteiger partial charge is 0.222 e. The van der Waals surface area contributed by atoms with Crippen LogP contribution in [0.5, 0.6) is 0 Å². The van der Waals surface area contributed by atoms with Gasteiger partial charge in [-0.2, -0.15) is 4.98 Å². The Morgan fingerprint density at radius 3 is 2.42 bits per heavy atom. The average Bonchev–Trinajstić information content (AvgIpc) is 2.26. The maximum Gasteiger partial charge on any atom is 0.222 e. The van der Waals surface area contributed by atoms with Crippen LogP contribution in [0, 0.1) is 6.92 Å². The summed E-state index contributed by atoms with van der Waals surface area (Å²) in [5.74, 6) is 1.01. The number of nitrogens with two attached hydrogens (primary N) is 1. The number of aryl methyl sites for hydroxylation is 1. The molecule has 0 atom stereocenters. The van der Waals surface area contributed by atoms with E-state index < -0.39 is 0 Å². The summed E-state index contributed by atoms with van der Waals surface area (Å²) in [7, 11) is 0. The highest BCUT2D eigenvalue weighted by molar-refractivity contribution is 5.63. The molecule has 4 heteroatoms. The van der Waals surface area contributed by atoms with Gasteiger partial charge in [0, 0.05) is 17.4 Å². The molecule has 0 amide bonds. The Kier molecular flexibility index (Phi) is 3.42. The summed E-state index contributed by atoms with van der Waals surface area (Å²) in [5.41, 5.74) is 8.88. The zero-order chi connectivity index (χ0) is 14.0. The zero-order valence-corrected chi connectivity index (χ0v) is 11.9. The van der Waals surface area contributed by atoms with Crippen LogP contribution in [0.15, 0.2) is 30.3 Å². The Bertz CT molecular complexity index is 565. The van der Waals surface area contributed by atoms with Crippen molar-refractivity contribution in [2.75, 3.05) is 11.1 Å². The van der Waals surface area contributed by atoms with E-state index in [1.54, 1.807) is 0 Å². The van der Waals surface area contributed by atoms with Crippen molar-refractivity contribution in [2.45, 2.75) is 33.1 Å². The first-order chi connectivity index (χ1) is 8.86. The quantitative estimate of drug-likeness (QED) is 0.864. The van der Waals surface area contributed by atoms with Crippen LogP contribution in [0.1, 0.15) is 32.0 Å². The normalized spacial score (nSPS) is 11.4. The average molecular weight is 256 g/mol. The van der Waals surface area contributed by atoms with Gasteiger partial charge < -0.3 is 11.1 Å². The number of benzene rings is 1. The van der Waals surface area contributed by atoms with E-state index in [4.69, 9.17) is 5.73 Å². The number of para-hydroxylation sites is 1. The van der Waals surface area contributed by atoms with Crippen LogP contribution >= 0.6 is 0 Å². The molecule has 0 saturated carbocycles. The van der Waals surface area contributed by atoms with Gasteiger partial charge in [-0.1, -0.05) is 39.0 Å². The third kappa shape index (κ3) is 3.22. The number of nitrogens with zero attached hydrogens (tertiary/aromatic N) is 2. The van der Waals surface area contributed by atoms with Crippen molar-refractivity contribution >= 4 is 17.5 Å². The molecule has 0 aliphatic carbocycles. The molecule has 1 heterocycles. The Hall–Kier alpha value is -2.10. The molecule has 0 saturated heterocycles. The molecule has 100 valence electrons. The van der Waals surface area contributed by atoms with Crippen molar-refractivity contribution in [3.8, 4) is 0 Å². The molecule has 3 N–H and O–H groups in total. The lowest BCUT2D eigenvalue weighted by Gasteiger charge is -2.23. The minimum absolute atomic E-state index is 0.0667. The molecule has 0 fully saturated rings. The van der Waals surface area contributed by atoms with Gasteiger partial charge in [0.1, 0.15) is 5.82 Å². The Morgan fingerprint density at radius 1 is 1.11 bits per heavy atom. The van der Waals surface area contributed by atoms with E-state index in [2.05, 4.69) is 42.1 Å². The van der Waals surface area contributed by atoms with E-state index >= 15 is 0 Å². The molecule has 1 aromatic heterocycles. The van der Waals surface area contributed by atoms with Gasteiger partial charge in [0.05, 0.1) is 0 Å². The molecule has 0 spiro atoms. The number of nitrogen functional groups attached to an aromatic ring is 1. The van der Waals surface area contributed by atoms with Gasteiger partial charge in [-0.05, 0) is 24.0 Å². The lowest BCUT2D eigenvalue weighted by Crippen LogP contribution is -2.14. The van der Waals surface area contributed by atoms with Crippen molar-refractivity contribution in [2.24, 2.45) is 0 Å². The van der Waals surface area contributed by atoms with Crippen LogP contribution in [0.2, 0.25) is 0 Å². The van der Waals surface area contributed by atoms with Gasteiger partial charge in [0.15, 0.2) is 0 Å². The minimum atomic E-state index is 0.0667. The fraction of sp³-hybridized carbons (Fsp3) is 0.333. The molecule has 1 aromatic carbocycles. The first-order valence-corrected chi connectivity index (χ1v) is 6.34. The lowest BCUT2D eigenvalue weighted by atomic mass is 9.86. The summed E-state index contributed by atoms with van der Waals surface area (Å²) in [6.07, 6.45) is 0. The molecule has 4 nitrogen and oxygen atoms in total. The largest absolute Gasteiger partial charge is 0.368 e. The molecule has 0 radical (unpaired) electrons. The topological polar surface area (TPSA) is 63.8 Å². The molecule has 0 aliphatic rings. The van der Waals surface area contributed by atoms with E-state index in [9.17, 15) is 0 Å². The second kappa shape index (κ2) is 4.88. The van der Waals surface area contributed by atoms with Crippen LogP contribution in [-0.2, 0) is 5.41 Å². The summed E-state index contributed by atoms with van der Waals surface area (Å²) < 4.78 is 0. The van der Waals surface area contributed by atoms with Gasteiger partial charge in [-0.3, -0.25) is 0 Å². The second-order valence-electron chi connectivity index (χ2n) is 5.67. The first kappa shape index (κ1) is 13.3. The summed E-state index contributed by atoms with van der Waals surface area (Å²) in [6.45, 7) is 8.46. The number of nitrogens with one attached hydrogen (secondary N) is 1. The fourth-order valence-electron chi connectivity index (χ4n) is 2.04. The van der Waals surface area contributed by atoms with E-state index in [1.807, 2.05) is 31.2 Å². The Morgan fingerprint density at radius 2 is 1.79 bits per heavy atom. The van der Waals surface area contributed by atoms with Crippen molar-refractivity contribution in [3.63, 3.8) is 0 Å². The lowest BCUT2D eigenvalue weighted by molar-refractivity contribution is 0.592. The number of hydrogen-bond donors (Lipinski definition) is 2. The van der Waals surface area contributed by atoms with Gasteiger partial charge in [0.25, 0.3) is 0 Å². The summed E-state index contributed by atoms with van der Waals surface area (Å²) >= 11 is 0. The van der Waals surface area contributed by atoms with E-state index in [-0.39, 0.29) is 11.4 Å². The number of rotatable bonds is 2. The van der Waals surface area contributed by atoms with Gasteiger partial charge in [-0.15, -0.1) is 0 Å². The van der Waals surface area contributed by atoms with E-state index in [0.29, 0.717) is 0 Å². The van der Waals surface area contributed by atoms with Crippen molar-refractivity contribution in [3.05, 3.63) is 41.6 Å². The fourth-order valence-corrected chi connectivity index (χ4v) is 2.04. The predicted octanol–water partition coefficient (Wildman–Crippen LogP) is 3.41. The molecule has 2 aromatic rings. The first-order valence-electron chi connectivity index (χ1n) is 6.34. The zero-order valence-electron chi connectivity index (χ0n) is 11.9. The van der Waals surface area contributed by atoms with Gasteiger partial charge >= 0.3 is 0 Å². The molecule has 0 bridgehead atoms. The third-order valence-corrected chi connectivity index (χ3v) is 2.87. The number of aromatic nitrogens is 2. The number of anilines is 3. The highest BCUT2D eigenvalue weighted by Gasteiger charge is 2.17. The van der Waals surface area contributed by atoms with Gasteiger partial charge in [0.2, 0.25) is 5.95 Å². The molecule has 2 rings (SSSR count). The summed E-state index contributed by atoms with van der Waals surface area (Å²) in [6, 6.07) is 10.1. The van der Waals surface area contributed by atoms with Crippen LogP contribution in [-0.4, -0.2) is 9.97 Å². The van der Waals surface area contributed by atoms with Crippen LogP contribution in [0.25, 0.3) is 0 Å². The van der Waals surface area contributed by atoms with Crippen LogP contribution in [0.3, 0.4) is 0 Å². The maximum atomic E-state index is 5.67. The maximum absolute atomic E-state index is 5.67. The van der Waals surface area contributed by atoms with Crippen LogP contribution in [0.4, 0.5) is 17.5 Å². The highest BCUT2D eigenvalue weighted by atomic mass is 15.1. The molecular formula is C15H20N4. The highest BCUT2D eigenvalue weighted by Crippen LogP contribution is 2.30. The predicted molar refractivity (Wildman–Crippen MR) is 79.6 cm³/mol. The second-order valence-corrected chi connectivity index (χ2v) is 5.67. The molecule has 0 aliphatic heterocycles. The minimum Gasteiger partial charge on any atom is -0.368 e. The third-order valence-electron chi connectivity index (χ3n) is 2.87. The van der Waals surface area contributed by atoms with Gasteiger partial charge in [-0.25, -0.2) is 4.98 Å². The van der Waals surface area contributed by atoms with E-state index in [0.717, 1.165) is 17.2 Å². The standard InChI is InChI=1S/C15H20N4/c1-10-9-13(19-14(16)17-10)18-12-8-6-5-7-11(12)15(2,3)4/h5-9H,1-4H3,(H3,16,17,18,19). The summed E-state index contributed by atoms with van der Waals surface area (Å²) in [5, 5.41) is 3.33. The SMILES string of the molecule is Cc1cc(Nc2ccccc2C(C)(C)C)nc(N)n1. The van der Waals surface area contributed by atoms with Crippen molar-refractivity contribution in [1.82, 2.24) is 9.97 Å². The Balaban J connectivity index is 2.38. The van der Waals surface area contributed by atoms with Crippen molar-refractivity contribution < 1.29 is 0 Å². The Labute approximate surface area is 114 Å². The van der Waals surface area contributed by atoms with Crippen molar-refractivity contribution in [1.29, 1.82) is 0 Å². The summed E-state index contributed by atoms with van der Waals surface area (Å²) in [4.78, 5) is 8.28. The molecular weight excluding hydrogens is 236 g/mol.